The van der Waals surface area contributed by atoms with Crippen LogP contribution in [0.5, 0.6) is 0 Å². The summed E-state index contributed by atoms with van der Waals surface area (Å²) in [6.07, 6.45) is 4.77. The molecule has 2 unspecified atom stereocenters. The van der Waals surface area contributed by atoms with Gasteiger partial charge in [-0.15, -0.1) is 12.4 Å². The van der Waals surface area contributed by atoms with E-state index in [1.807, 2.05) is 4.90 Å². The number of nitrogens with zero attached hydrogens (tertiary/aromatic N) is 2. The van der Waals surface area contributed by atoms with E-state index in [1.165, 1.54) is 30.4 Å². The van der Waals surface area contributed by atoms with Crippen molar-refractivity contribution < 1.29 is 4.79 Å². The standard InChI is InChI=1S/C18H25N3O.ClH/c22-18(13-20-9-8-16-5-6-17(12-20)19-16)21-10-7-14-3-1-2-4-15(14)11-21;/h1-4,16-17,19H,5-13H2;1H. The maximum absolute atomic E-state index is 12.7. The number of carbonyl (C=O) groups excluding carboxylic acids is 1. The van der Waals surface area contributed by atoms with Gasteiger partial charge in [0.2, 0.25) is 5.91 Å². The van der Waals surface area contributed by atoms with Gasteiger partial charge in [0, 0.05) is 38.3 Å². The Labute approximate surface area is 144 Å². The molecule has 2 bridgehead atoms. The van der Waals surface area contributed by atoms with Crippen molar-refractivity contribution >= 4 is 18.3 Å². The Morgan fingerprint density at radius 3 is 2.74 bits per heavy atom. The Bertz CT molecular complexity index is 565. The van der Waals surface area contributed by atoms with Crippen LogP contribution in [0.1, 0.15) is 30.4 Å². The molecule has 4 rings (SSSR count). The van der Waals surface area contributed by atoms with Crippen molar-refractivity contribution in [3.05, 3.63) is 35.4 Å². The lowest BCUT2D eigenvalue weighted by atomic mass is 10.00. The van der Waals surface area contributed by atoms with Crippen LogP contribution in [-0.4, -0.2) is 54.0 Å². The minimum atomic E-state index is 0. The largest absolute Gasteiger partial charge is 0.337 e. The molecule has 23 heavy (non-hydrogen) atoms. The zero-order chi connectivity index (χ0) is 14.9. The molecule has 2 saturated heterocycles. The number of carbonyl (C=O) groups is 1. The molecule has 1 aromatic rings. The fourth-order valence-corrected chi connectivity index (χ4v) is 4.16. The Hall–Kier alpha value is -1.10. The number of rotatable bonds is 2. The third-order valence-electron chi connectivity index (χ3n) is 5.45. The van der Waals surface area contributed by atoms with E-state index in [4.69, 9.17) is 0 Å². The van der Waals surface area contributed by atoms with Gasteiger partial charge < -0.3 is 10.2 Å². The molecule has 2 atom stereocenters. The van der Waals surface area contributed by atoms with Crippen molar-refractivity contribution in [3.8, 4) is 0 Å². The van der Waals surface area contributed by atoms with Crippen molar-refractivity contribution in [2.24, 2.45) is 0 Å². The predicted octanol–water partition coefficient (Wildman–Crippen LogP) is 1.82. The number of hydrogen-bond donors (Lipinski definition) is 1. The zero-order valence-electron chi connectivity index (χ0n) is 13.5. The molecule has 3 heterocycles. The van der Waals surface area contributed by atoms with Gasteiger partial charge in [-0.3, -0.25) is 9.69 Å². The van der Waals surface area contributed by atoms with Gasteiger partial charge >= 0.3 is 0 Å². The highest BCUT2D eigenvalue weighted by Gasteiger charge is 2.30. The fraction of sp³-hybridized carbons (Fsp3) is 0.611. The average Bonchev–Trinajstić information content (AvgIpc) is 2.89. The number of hydrogen-bond acceptors (Lipinski definition) is 3. The molecule has 4 nitrogen and oxygen atoms in total. The van der Waals surface area contributed by atoms with Gasteiger partial charge in [-0.05, 0) is 36.8 Å². The highest BCUT2D eigenvalue weighted by molar-refractivity contribution is 5.85. The molecule has 2 fully saturated rings. The van der Waals surface area contributed by atoms with Gasteiger partial charge in [0.05, 0.1) is 6.54 Å². The summed E-state index contributed by atoms with van der Waals surface area (Å²) in [5, 5.41) is 3.68. The quantitative estimate of drug-likeness (QED) is 0.895. The molecule has 1 amide bonds. The van der Waals surface area contributed by atoms with Crippen molar-refractivity contribution in [3.63, 3.8) is 0 Å². The molecule has 1 N–H and O–H groups in total. The summed E-state index contributed by atoms with van der Waals surface area (Å²) in [7, 11) is 0. The molecule has 0 saturated carbocycles. The first-order valence-electron chi connectivity index (χ1n) is 8.61. The van der Waals surface area contributed by atoms with Gasteiger partial charge in [-0.2, -0.15) is 0 Å². The van der Waals surface area contributed by atoms with Gasteiger partial charge in [-0.25, -0.2) is 0 Å². The van der Waals surface area contributed by atoms with Crippen LogP contribution in [0.15, 0.2) is 24.3 Å². The third kappa shape index (κ3) is 3.70. The number of amides is 1. The second-order valence-electron chi connectivity index (χ2n) is 7.00. The molecule has 0 spiro atoms. The molecule has 5 heteroatoms. The van der Waals surface area contributed by atoms with E-state index in [0.29, 0.717) is 24.5 Å². The van der Waals surface area contributed by atoms with Crippen LogP contribution < -0.4 is 5.32 Å². The van der Waals surface area contributed by atoms with Crippen LogP contribution in [-0.2, 0) is 17.8 Å². The van der Waals surface area contributed by atoms with Crippen LogP contribution in [0.2, 0.25) is 0 Å². The van der Waals surface area contributed by atoms with Crippen LogP contribution in [0.25, 0.3) is 0 Å². The first-order valence-corrected chi connectivity index (χ1v) is 8.61. The first kappa shape index (κ1) is 16.7. The summed E-state index contributed by atoms with van der Waals surface area (Å²) in [6.45, 7) is 4.34. The van der Waals surface area contributed by atoms with Crippen molar-refractivity contribution in [1.29, 1.82) is 0 Å². The molecule has 0 aliphatic carbocycles. The Morgan fingerprint density at radius 2 is 1.87 bits per heavy atom. The maximum Gasteiger partial charge on any atom is 0.237 e. The van der Waals surface area contributed by atoms with Crippen LogP contribution in [0, 0.1) is 0 Å². The SMILES string of the molecule is Cl.O=C(CN1CCC2CCC(C1)N2)N1CCc2ccccc2C1. The van der Waals surface area contributed by atoms with Crippen molar-refractivity contribution in [1.82, 2.24) is 15.1 Å². The summed E-state index contributed by atoms with van der Waals surface area (Å²) in [4.78, 5) is 17.1. The number of fused-ring (bicyclic) bond motifs is 3. The molecule has 0 radical (unpaired) electrons. The second kappa shape index (κ2) is 7.20. The Morgan fingerprint density at radius 1 is 1.09 bits per heavy atom. The van der Waals surface area contributed by atoms with Gasteiger partial charge in [-0.1, -0.05) is 24.3 Å². The van der Waals surface area contributed by atoms with Gasteiger partial charge in [0.25, 0.3) is 0 Å². The Kier molecular flexibility index (Phi) is 5.24. The summed E-state index contributed by atoms with van der Waals surface area (Å²) < 4.78 is 0. The minimum Gasteiger partial charge on any atom is -0.337 e. The number of likely N-dealkylation sites (tertiary alicyclic amines) is 1. The smallest absolute Gasteiger partial charge is 0.237 e. The lowest BCUT2D eigenvalue weighted by Crippen LogP contribution is -2.45. The second-order valence-corrected chi connectivity index (χ2v) is 7.00. The topological polar surface area (TPSA) is 35.6 Å². The number of nitrogens with one attached hydrogen (secondary N) is 1. The maximum atomic E-state index is 12.7. The van der Waals surface area contributed by atoms with Crippen LogP contribution >= 0.6 is 12.4 Å². The predicted molar refractivity (Wildman–Crippen MR) is 93.8 cm³/mol. The molecule has 1 aromatic carbocycles. The molecule has 3 aliphatic heterocycles. The summed E-state index contributed by atoms with van der Waals surface area (Å²) in [5.74, 6) is 0.298. The monoisotopic (exact) mass is 335 g/mol. The average molecular weight is 336 g/mol. The molecule has 3 aliphatic rings. The van der Waals surface area contributed by atoms with E-state index in [-0.39, 0.29) is 12.4 Å². The third-order valence-corrected chi connectivity index (χ3v) is 5.45. The highest BCUT2D eigenvalue weighted by Crippen LogP contribution is 2.21. The van der Waals surface area contributed by atoms with Crippen molar-refractivity contribution in [2.75, 3.05) is 26.2 Å². The lowest BCUT2D eigenvalue weighted by molar-refractivity contribution is -0.133. The van der Waals surface area contributed by atoms with E-state index in [0.717, 1.165) is 32.6 Å². The summed E-state index contributed by atoms with van der Waals surface area (Å²) in [5.41, 5.74) is 2.72. The number of benzene rings is 1. The highest BCUT2D eigenvalue weighted by atomic mass is 35.5. The minimum absolute atomic E-state index is 0. The molecular weight excluding hydrogens is 310 g/mol. The van der Waals surface area contributed by atoms with E-state index < -0.39 is 0 Å². The van der Waals surface area contributed by atoms with Crippen molar-refractivity contribution in [2.45, 2.75) is 44.3 Å². The van der Waals surface area contributed by atoms with E-state index >= 15 is 0 Å². The summed E-state index contributed by atoms with van der Waals surface area (Å²) >= 11 is 0. The van der Waals surface area contributed by atoms with E-state index in [1.54, 1.807) is 0 Å². The summed E-state index contributed by atoms with van der Waals surface area (Å²) in [6, 6.07) is 9.80. The van der Waals surface area contributed by atoms with E-state index in [2.05, 4.69) is 34.5 Å². The van der Waals surface area contributed by atoms with Crippen LogP contribution in [0.4, 0.5) is 0 Å². The molecular formula is C18H26ClN3O. The molecule has 126 valence electrons. The number of halogens is 1. The zero-order valence-corrected chi connectivity index (χ0v) is 14.4. The first-order chi connectivity index (χ1) is 10.8. The van der Waals surface area contributed by atoms with Gasteiger partial charge in [0.1, 0.15) is 0 Å². The Balaban J connectivity index is 0.00000156. The normalized spacial score (nSPS) is 27.0. The van der Waals surface area contributed by atoms with E-state index in [9.17, 15) is 4.79 Å². The van der Waals surface area contributed by atoms with Crippen LogP contribution in [0.3, 0.4) is 0 Å². The van der Waals surface area contributed by atoms with Gasteiger partial charge in [0.15, 0.2) is 0 Å². The molecule has 0 aromatic heterocycles. The lowest BCUT2D eigenvalue weighted by Gasteiger charge is -2.31. The fourth-order valence-electron chi connectivity index (χ4n) is 4.16.